The number of amides is 1. The smallest absolute Gasteiger partial charge is 0.309 e. The van der Waals surface area contributed by atoms with E-state index in [1.165, 1.54) is 6.08 Å². The Hall–Kier alpha value is -1.81. The lowest BCUT2D eigenvalue weighted by Gasteiger charge is -2.30. The molecule has 0 radical (unpaired) electrons. The molecule has 0 unspecified atom stereocenters. The Morgan fingerprint density at radius 3 is 2.64 bits per heavy atom. The van der Waals surface area contributed by atoms with E-state index in [4.69, 9.17) is 16.3 Å². The highest BCUT2D eigenvalue weighted by atomic mass is 35.5. The number of nitrogens with zero attached hydrogens (tertiary/aromatic N) is 1. The fraction of sp³-hybridized carbons (Fsp3) is 0.412. The fourth-order valence-corrected chi connectivity index (χ4v) is 2.67. The number of piperidine rings is 1. The van der Waals surface area contributed by atoms with Gasteiger partial charge in [0, 0.05) is 24.2 Å². The molecule has 0 saturated carbocycles. The van der Waals surface area contributed by atoms with E-state index < -0.39 is 0 Å². The molecule has 4 nitrogen and oxygen atoms in total. The summed E-state index contributed by atoms with van der Waals surface area (Å²) in [7, 11) is 0. The molecule has 22 heavy (non-hydrogen) atoms. The Bertz CT molecular complexity index is 563. The van der Waals surface area contributed by atoms with Gasteiger partial charge in [-0.15, -0.1) is 0 Å². The van der Waals surface area contributed by atoms with Crippen molar-refractivity contribution in [2.24, 2.45) is 5.92 Å². The van der Waals surface area contributed by atoms with Crippen LogP contribution in [0.25, 0.3) is 6.08 Å². The molecular formula is C17H20ClNO3. The number of ether oxygens (including phenoxy) is 1. The van der Waals surface area contributed by atoms with Crippen molar-refractivity contribution in [2.75, 3.05) is 19.7 Å². The van der Waals surface area contributed by atoms with Crippen LogP contribution in [0.1, 0.15) is 25.3 Å². The maximum absolute atomic E-state index is 12.2. The first-order valence-corrected chi connectivity index (χ1v) is 7.87. The second-order valence-electron chi connectivity index (χ2n) is 5.21. The van der Waals surface area contributed by atoms with E-state index in [9.17, 15) is 9.59 Å². The third-order valence-corrected chi connectivity index (χ3v) is 4.08. The van der Waals surface area contributed by atoms with Gasteiger partial charge in [0.2, 0.25) is 5.91 Å². The molecule has 1 amide bonds. The van der Waals surface area contributed by atoms with Crippen molar-refractivity contribution in [1.29, 1.82) is 0 Å². The molecule has 1 aromatic carbocycles. The number of hydrogen-bond donors (Lipinski definition) is 0. The molecular weight excluding hydrogens is 302 g/mol. The van der Waals surface area contributed by atoms with Gasteiger partial charge in [0.15, 0.2) is 0 Å². The third-order valence-electron chi connectivity index (χ3n) is 3.74. The number of carbonyl (C=O) groups excluding carboxylic acids is 2. The van der Waals surface area contributed by atoms with Gasteiger partial charge >= 0.3 is 5.97 Å². The lowest BCUT2D eigenvalue weighted by Crippen LogP contribution is -2.39. The van der Waals surface area contributed by atoms with Crippen LogP contribution < -0.4 is 0 Å². The van der Waals surface area contributed by atoms with Gasteiger partial charge in [0.25, 0.3) is 0 Å². The van der Waals surface area contributed by atoms with Crippen molar-refractivity contribution >= 4 is 29.6 Å². The highest BCUT2D eigenvalue weighted by Crippen LogP contribution is 2.20. The molecule has 1 aromatic rings. The summed E-state index contributed by atoms with van der Waals surface area (Å²) in [4.78, 5) is 25.6. The summed E-state index contributed by atoms with van der Waals surface area (Å²) in [6.45, 7) is 3.36. The van der Waals surface area contributed by atoms with Gasteiger partial charge in [-0.3, -0.25) is 9.59 Å². The predicted molar refractivity (Wildman–Crippen MR) is 86.4 cm³/mol. The Morgan fingerprint density at radius 1 is 1.32 bits per heavy atom. The van der Waals surface area contributed by atoms with Crippen LogP contribution in [0.15, 0.2) is 30.3 Å². The summed E-state index contributed by atoms with van der Waals surface area (Å²) in [6, 6.07) is 7.37. The summed E-state index contributed by atoms with van der Waals surface area (Å²) in [5.74, 6) is -0.292. The van der Waals surface area contributed by atoms with E-state index in [0.29, 0.717) is 37.6 Å². The number of carbonyl (C=O) groups is 2. The lowest BCUT2D eigenvalue weighted by molar-refractivity contribution is -0.150. The Balaban J connectivity index is 1.88. The number of likely N-dealkylation sites (tertiary alicyclic amines) is 1. The summed E-state index contributed by atoms with van der Waals surface area (Å²) < 4.78 is 5.02. The average Bonchev–Trinajstić information content (AvgIpc) is 2.54. The van der Waals surface area contributed by atoms with Crippen molar-refractivity contribution in [3.8, 4) is 0 Å². The van der Waals surface area contributed by atoms with Gasteiger partial charge in [0.05, 0.1) is 12.5 Å². The minimum Gasteiger partial charge on any atom is -0.466 e. The molecule has 0 N–H and O–H groups in total. The Kier molecular flexibility index (Phi) is 6.01. The maximum atomic E-state index is 12.2. The van der Waals surface area contributed by atoms with Gasteiger partial charge in [-0.2, -0.15) is 0 Å². The van der Waals surface area contributed by atoms with Crippen molar-refractivity contribution in [3.05, 3.63) is 40.9 Å². The standard InChI is InChI=1S/C17H20ClNO3/c1-2-22-17(21)14-9-11-19(12-10-14)16(20)8-7-13-5-3-4-6-15(13)18/h3-8,14H,2,9-12H2,1H3/b8-7+. The third kappa shape index (κ3) is 4.34. The zero-order chi connectivity index (χ0) is 15.9. The first kappa shape index (κ1) is 16.6. The molecule has 118 valence electrons. The van der Waals surface area contributed by atoms with Crippen LogP contribution in [0, 0.1) is 5.92 Å². The summed E-state index contributed by atoms with van der Waals surface area (Å²) >= 11 is 6.05. The first-order valence-electron chi connectivity index (χ1n) is 7.50. The SMILES string of the molecule is CCOC(=O)C1CCN(C(=O)/C=C/c2ccccc2Cl)CC1. The normalized spacial score (nSPS) is 16.0. The van der Waals surface area contributed by atoms with Gasteiger partial charge in [-0.25, -0.2) is 0 Å². The second kappa shape index (κ2) is 7.99. The lowest BCUT2D eigenvalue weighted by atomic mass is 9.97. The van der Waals surface area contributed by atoms with Crippen LogP contribution in [0.4, 0.5) is 0 Å². The zero-order valence-corrected chi connectivity index (χ0v) is 13.4. The van der Waals surface area contributed by atoms with Crippen LogP contribution in [-0.2, 0) is 14.3 Å². The van der Waals surface area contributed by atoms with Crippen LogP contribution in [0.2, 0.25) is 5.02 Å². The summed E-state index contributed by atoms with van der Waals surface area (Å²) in [6.07, 6.45) is 4.57. The van der Waals surface area contributed by atoms with Crippen LogP contribution in [0.5, 0.6) is 0 Å². The first-order chi connectivity index (χ1) is 10.6. The number of rotatable bonds is 4. The zero-order valence-electron chi connectivity index (χ0n) is 12.6. The molecule has 0 aromatic heterocycles. The number of esters is 1. The van der Waals surface area contributed by atoms with Gasteiger partial charge in [-0.05, 0) is 37.5 Å². The highest BCUT2D eigenvalue weighted by molar-refractivity contribution is 6.32. The largest absolute Gasteiger partial charge is 0.466 e. The van der Waals surface area contributed by atoms with Crippen molar-refractivity contribution in [1.82, 2.24) is 4.90 Å². The number of hydrogen-bond acceptors (Lipinski definition) is 3. The molecule has 0 aliphatic carbocycles. The molecule has 0 bridgehead atoms. The molecule has 2 rings (SSSR count). The van der Waals surface area contributed by atoms with E-state index in [1.807, 2.05) is 18.2 Å². The van der Waals surface area contributed by atoms with Gasteiger partial charge in [-0.1, -0.05) is 29.8 Å². The fourth-order valence-electron chi connectivity index (χ4n) is 2.47. The van der Waals surface area contributed by atoms with E-state index in [0.717, 1.165) is 5.56 Å². The molecule has 1 heterocycles. The van der Waals surface area contributed by atoms with E-state index in [1.54, 1.807) is 24.0 Å². The Labute approximate surface area is 135 Å². The van der Waals surface area contributed by atoms with Crippen molar-refractivity contribution in [2.45, 2.75) is 19.8 Å². The minimum absolute atomic E-state index is 0.0535. The predicted octanol–water partition coefficient (Wildman–Crippen LogP) is 3.15. The summed E-state index contributed by atoms with van der Waals surface area (Å²) in [5, 5.41) is 0.618. The van der Waals surface area contributed by atoms with Gasteiger partial charge in [0.1, 0.15) is 0 Å². The molecule has 1 aliphatic rings. The highest BCUT2D eigenvalue weighted by Gasteiger charge is 2.27. The van der Waals surface area contributed by atoms with Gasteiger partial charge < -0.3 is 9.64 Å². The second-order valence-corrected chi connectivity index (χ2v) is 5.61. The van der Waals surface area contributed by atoms with Crippen molar-refractivity contribution in [3.63, 3.8) is 0 Å². The monoisotopic (exact) mass is 321 g/mol. The van der Waals surface area contributed by atoms with Crippen LogP contribution >= 0.6 is 11.6 Å². The maximum Gasteiger partial charge on any atom is 0.309 e. The quantitative estimate of drug-likeness (QED) is 0.632. The van der Waals surface area contributed by atoms with E-state index >= 15 is 0 Å². The van der Waals surface area contributed by atoms with Crippen LogP contribution in [0.3, 0.4) is 0 Å². The minimum atomic E-state index is -0.152. The molecule has 5 heteroatoms. The summed E-state index contributed by atoms with van der Waals surface area (Å²) in [5.41, 5.74) is 0.818. The van der Waals surface area contributed by atoms with E-state index in [2.05, 4.69) is 0 Å². The number of halogens is 1. The molecule has 1 aliphatic heterocycles. The molecule has 1 fully saturated rings. The Morgan fingerprint density at radius 2 is 2.00 bits per heavy atom. The van der Waals surface area contributed by atoms with Crippen LogP contribution in [-0.4, -0.2) is 36.5 Å². The molecule has 0 atom stereocenters. The topological polar surface area (TPSA) is 46.6 Å². The molecule has 1 saturated heterocycles. The molecule has 0 spiro atoms. The van der Waals surface area contributed by atoms with E-state index in [-0.39, 0.29) is 17.8 Å². The number of benzene rings is 1. The average molecular weight is 322 g/mol. The van der Waals surface area contributed by atoms with Crippen molar-refractivity contribution < 1.29 is 14.3 Å².